The number of hydrogen-bond acceptors (Lipinski definition) is 4. The van der Waals surface area contributed by atoms with Crippen LogP contribution in [0.3, 0.4) is 0 Å². The highest BCUT2D eigenvalue weighted by Crippen LogP contribution is 2.08. The molecule has 14 heavy (non-hydrogen) atoms. The van der Waals surface area contributed by atoms with E-state index in [0.717, 1.165) is 0 Å². The van der Waals surface area contributed by atoms with Gasteiger partial charge in [0.25, 0.3) is 0 Å². The molecule has 0 bridgehead atoms. The van der Waals surface area contributed by atoms with Crippen LogP contribution in [0.5, 0.6) is 0 Å². The highest BCUT2D eigenvalue weighted by atomic mass is 16.5. The molecule has 0 aliphatic carbocycles. The van der Waals surface area contributed by atoms with Crippen molar-refractivity contribution < 1.29 is 14.3 Å². The monoisotopic (exact) mass is 200 g/mol. The molecular formula is C9H16N2O3. The zero-order valence-electron chi connectivity index (χ0n) is 8.29. The van der Waals surface area contributed by atoms with Crippen LogP contribution in [0.4, 0.5) is 0 Å². The summed E-state index contributed by atoms with van der Waals surface area (Å²) in [5.74, 6) is -0.403. The van der Waals surface area contributed by atoms with Gasteiger partial charge in [0, 0.05) is 6.42 Å². The van der Waals surface area contributed by atoms with Crippen molar-refractivity contribution in [3.63, 3.8) is 0 Å². The highest BCUT2D eigenvalue weighted by molar-refractivity contribution is 5.81. The Morgan fingerprint density at radius 2 is 2.36 bits per heavy atom. The Bertz CT molecular complexity index is 230. The van der Waals surface area contributed by atoms with Crippen molar-refractivity contribution in [3.05, 3.63) is 0 Å². The number of amides is 1. The molecule has 1 amide bonds. The van der Waals surface area contributed by atoms with Crippen LogP contribution in [0.15, 0.2) is 0 Å². The van der Waals surface area contributed by atoms with Crippen molar-refractivity contribution >= 4 is 11.9 Å². The molecule has 0 aromatic carbocycles. The maximum absolute atomic E-state index is 11.1. The molecule has 1 fully saturated rings. The summed E-state index contributed by atoms with van der Waals surface area (Å²) < 4.78 is 5.11. The zero-order chi connectivity index (χ0) is 10.6. The van der Waals surface area contributed by atoms with Crippen LogP contribution < -0.4 is 11.1 Å². The Labute approximate surface area is 83.0 Å². The summed E-state index contributed by atoms with van der Waals surface area (Å²) in [4.78, 5) is 22.1. The van der Waals surface area contributed by atoms with E-state index in [-0.39, 0.29) is 18.0 Å². The fourth-order valence-corrected chi connectivity index (χ4v) is 1.31. The second-order valence-corrected chi connectivity index (χ2v) is 3.39. The molecule has 1 aliphatic rings. The molecule has 3 N–H and O–H groups in total. The van der Waals surface area contributed by atoms with Gasteiger partial charge in [-0.15, -0.1) is 0 Å². The van der Waals surface area contributed by atoms with E-state index in [1.807, 2.05) is 0 Å². The molecule has 0 radical (unpaired) electrons. The van der Waals surface area contributed by atoms with Crippen LogP contribution in [0.1, 0.15) is 26.2 Å². The van der Waals surface area contributed by atoms with Crippen molar-refractivity contribution in [2.45, 2.75) is 38.3 Å². The molecule has 2 unspecified atom stereocenters. The lowest BCUT2D eigenvalue weighted by Crippen LogP contribution is -2.39. The molecule has 5 heteroatoms. The summed E-state index contributed by atoms with van der Waals surface area (Å²) in [6, 6.07) is -0.472. The van der Waals surface area contributed by atoms with E-state index in [1.54, 1.807) is 6.92 Å². The number of nitrogens with two attached hydrogens (primary N) is 1. The summed E-state index contributed by atoms with van der Waals surface area (Å²) in [6.45, 7) is 2.11. The van der Waals surface area contributed by atoms with Gasteiger partial charge in [-0.05, 0) is 12.8 Å². The first-order valence-electron chi connectivity index (χ1n) is 4.86. The van der Waals surface area contributed by atoms with Gasteiger partial charge in [-0.2, -0.15) is 0 Å². The van der Waals surface area contributed by atoms with E-state index in [4.69, 9.17) is 10.5 Å². The lowest BCUT2D eigenvalue weighted by Gasteiger charge is -2.14. The number of ether oxygens (including phenoxy) is 1. The Morgan fingerprint density at radius 1 is 1.64 bits per heavy atom. The van der Waals surface area contributed by atoms with E-state index in [1.165, 1.54) is 0 Å². The first-order valence-corrected chi connectivity index (χ1v) is 4.86. The molecule has 2 atom stereocenters. The highest BCUT2D eigenvalue weighted by Gasteiger charge is 2.23. The predicted molar refractivity (Wildman–Crippen MR) is 50.4 cm³/mol. The first kappa shape index (κ1) is 11.0. The normalized spacial score (nSPS) is 27.7. The average molecular weight is 200 g/mol. The zero-order valence-corrected chi connectivity index (χ0v) is 8.29. The van der Waals surface area contributed by atoms with E-state index in [0.29, 0.717) is 25.8 Å². The van der Waals surface area contributed by atoms with Crippen molar-refractivity contribution in [1.29, 1.82) is 0 Å². The summed E-state index contributed by atoms with van der Waals surface area (Å²) >= 11 is 0. The SMILES string of the molecule is CCC(=O)OC1CCC(N)C(=O)NC1. The minimum atomic E-state index is -0.472. The molecule has 1 heterocycles. The van der Waals surface area contributed by atoms with E-state index in [2.05, 4.69) is 5.32 Å². The topological polar surface area (TPSA) is 81.4 Å². The number of carbonyl (C=O) groups is 2. The molecule has 80 valence electrons. The molecule has 0 spiro atoms. The largest absolute Gasteiger partial charge is 0.460 e. The quantitative estimate of drug-likeness (QED) is 0.591. The molecule has 5 nitrogen and oxygen atoms in total. The number of esters is 1. The van der Waals surface area contributed by atoms with Crippen LogP contribution in [-0.4, -0.2) is 30.6 Å². The van der Waals surface area contributed by atoms with Crippen LogP contribution in [0, 0.1) is 0 Å². The van der Waals surface area contributed by atoms with Gasteiger partial charge in [-0.25, -0.2) is 0 Å². The summed E-state index contributed by atoms with van der Waals surface area (Å²) in [6.07, 6.45) is 1.34. The third-order valence-electron chi connectivity index (χ3n) is 2.23. The van der Waals surface area contributed by atoms with Gasteiger partial charge in [0.2, 0.25) is 5.91 Å². The average Bonchev–Trinajstić information content (AvgIpc) is 2.33. The molecule has 0 aromatic rings. The van der Waals surface area contributed by atoms with Crippen LogP contribution in [0.25, 0.3) is 0 Å². The van der Waals surface area contributed by atoms with Gasteiger partial charge >= 0.3 is 5.97 Å². The molecule has 1 rings (SSSR count). The van der Waals surface area contributed by atoms with Crippen molar-refractivity contribution in [1.82, 2.24) is 5.32 Å². The summed E-state index contributed by atoms with van der Waals surface area (Å²) in [5.41, 5.74) is 5.55. The predicted octanol–water partition coefficient (Wildman–Crippen LogP) is -0.454. The standard InChI is InChI=1S/C9H16N2O3/c1-2-8(12)14-6-3-4-7(10)9(13)11-5-6/h6-7H,2-5,10H2,1H3,(H,11,13). The number of rotatable bonds is 2. The molecule has 1 saturated heterocycles. The Hall–Kier alpha value is -1.10. The fourth-order valence-electron chi connectivity index (χ4n) is 1.31. The Balaban J connectivity index is 2.41. The number of hydrogen-bond donors (Lipinski definition) is 2. The second kappa shape index (κ2) is 4.95. The van der Waals surface area contributed by atoms with Crippen molar-refractivity contribution in [2.75, 3.05) is 6.54 Å². The Kier molecular flexibility index (Phi) is 3.88. The number of carbonyl (C=O) groups excluding carboxylic acids is 2. The van der Waals surface area contributed by atoms with Gasteiger partial charge < -0.3 is 15.8 Å². The molecule has 1 aliphatic heterocycles. The summed E-state index contributed by atoms with van der Waals surface area (Å²) in [5, 5.41) is 2.63. The van der Waals surface area contributed by atoms with Crippen molar-refractivity contribution in [2.24, 2.45) is 5.73 Å². The summed E-state index contributed by atoms with van der Waals surface area (Å²) in [7, 11) is 0. The number of nitrogens with one attached hydrogen (secondary N) is 1. The minimum absolute atomic E-state index is 0.167. The fraction of sp³-hybridized carbons (Fsp3) is 0.778. The Morgan fingerprint density at radius 3 is 3.00 bits per heavy atom. The van der Waals surface area contributed by atoms with Gasteiger partial charge in [-0.1, -0.05) is 6.92 Å². The second-order valence-electron chi connectivity index (χ2n) is 3.39. The van der Waals surface area contributed by atoms with Gasteiger partial charge in [-0.3, -0.25) is 9.59 Å². The molecule has 0 saturated carbocycles. The third kappa shape index (κ3) is 2.99. The van der Waals surface area contributed by atoms with Gasteiger partial charge in [0.05, 0.1) is 12.6 Å². The van der Waals surface area contributed by atoms with E-state index < -0.39 is 6.04 Å². The van der Waals surface area contributed by atoms with Gasteiger partial charge in [0.1, 0.15) is 6.10 Å². The van der Waals surface area contributed by atoms with Crippen molar-refractivity contribution in [3.8, 4) is 0 Å². The maximum Gasteiger partial charge on any atom is 0.305 e. The third-order valence-corrected chi connectivity index (χ3v) is 2.23. The van der Waals surface area contributed by atoms with Gasteiger partial charge in [0.15, 0.2) is 0 Å². The lowest BCUT2D eigenvalue weighted by molar-refractivity contribution is -0.148. The maximum atomic E-state index is 11.1. The smallest absolute Gasteiger partial charge is 0.305 e. The van der Waals surface area contributed by atoms with E-state index >= 15 is 0 Å². The molecule has 0 aromatic heterocycles. The first-order chi connectivity index (χ1) is 6.63. The minimum Gasteiger partial charge on any atom is -0.460 e. The van der Waals surface area contributed by atoms with Crippen LogP contribution in [0.2, 0.25) is 0 Å². The van der Waals surface area contributed by atoms with E-state index in [9.17, 15) is 9.59 Å². The lowest BCUT2D eigenvalue weighted by atomic mass is 10.1. The van der Waals surface area contributed by atoms with Crippen LogP contribution in [-0.2, 0) is 14.3 Å². The van der Waals surface area contributed by atoms with Crippen LogP contribution >= 0.6 is 0 Å². The molecular weight excluding hydrogens is 184 g/mol.